The lowest BCUT2D eigenvalue weighted by Gasteiger charge is -2.10. The van der Waals surface area contributed by atoms with Crippen molar-refractivity contribution in [1.82, 2.24) is 10.6 Å². The van der Waals surface area contributed by atoms with E-state index in [2.05, 4.69) is 10.6 Å². The highest BCUT2D eigenvalue weighted by molar-refractivity contribution is 5.89. The number of nitrogens with one attached hydrogen (secondary N) is 2. The van der Waals surface area contributed by atoms with Crippen LogP contribution in [0.15, 0.2) is 0 Å². The molecule has 0 bridgehead atoms. The van der Waals surface area contributed by atoms with Gasteiger partial charge in [-0.05, 0) is 6.42 Å². The number of rotatable bonds is 6. The Bertz CT molecular complexity index is 260. The summed E-state index contributed by atoms with van der Waals surface area (Å²) in [5.74, 6) is -0.905. The Kier molecular flexibility index (Phi) is 6.93. The van der Waals surface area contributed by atoms with Crippen molar-refractivity contribution in [2.24, 2.45) is 0 Å². The molecule has 0 rings (SSSR count). The van der Waals surface area contributed by atoms with Gasteiger partial charge in [-0.3, -0.25) is 9.59 Å². The molecule has 0 radical (unpaired) electrons. The van der Waals surface area contributed by atoms with E-state index < -0.39 is 17.9 Å². The Balaban J connectivity index is 3.85. The summed E-state index contributed by atoms with van der Waals surface area (Å²) in [6.45, 7) is 2.21. The first-order chi connectivity index (χ1) is 7.11. The van der Waals surface area contributed by atoms with Crippen LogP contribution in [-0.4, -0.2) is 38.1 Å². The molecule has 0 aromatic carbocycles. The topological polar surface area (TPSA) is 91.2 Å². The summed E-state index contributed by atoms with van der Waals surface area (Å²) in [6, 6.07) is 0.578. The first kappa shape index (κ1) is 13.4. The van der Waals surface area contributed by atoms with E-state index in [9.17, 15) is 9.59 Å². The molecule has 0 saturated carbocycles. The number of carbonyl (C=O) groups excluding carboxylic acids is 2. The van der Waals surface area contributed by atoms with Gasteiger partial charge >= 0.3 is 0 Å². The van der Waals surface area contributed by atoms with E-state index in [-0.39, 0.29) is 0 Å². The van der Waals surface area contributed by atoms with Gasteiger partial charge in [-0.2, -0.15) is 5.26 Å². The molecule has 0 aliphatic carbocycles. The second-order valence-electron chi connectivity index (χ2n) is 2.90. The maximum absolute atomic E-state index is 11.3. The quantitative estimate of drug-likeness (QED) is 0.563. The van der Waals surface area contributed by atoms with E-state index in [1.165, 1.54) is 6.92 Å². The van der Waals surface area contributed by atoms with Gasteiger partial charge in [-0.25, -0.2) is 0 Å². The molecule has 0 heterocycles. The molecule has 84 valence electrons. The van der Waals surface area contributed by atoms with Crippen molar-refractivity contribution >= 4 is 11.8 Å². The minimum absolute atomic E-state index is 0.409. The second-order valence-corrected chi connectivity index (χ2v) is 2.90. The number of nitriles is 1. The maximum Gasteiger partial charge on any atom is 0.257 e. The molecule has 0 aliphatic rings. The van der Waals surface area contributed by atoms with E-state index in [1.54, 1.807) is 13.2 Å². The fourth-order valence-electron chi connectivity index (χ4n) is 0.890. The van der Waals surface area contributed by atoms with Gasteiger partial charge in [0.2, 0.25) is 5.91 Å². The Morgan fingerprint density at radius 2 is 2.20 bits per heavy atom. The van der Waals surface area contributed by atoms with Gasteiger partial charge in [-0.1, -0.05) is 0 Å². The number of hydrogen-bond acceptors (Lipinski definition) is 4. The van der Waals surface area contributed by atoms with Crippen LogP contribution in [0, 0.1) is 11.3 Å². The maximum atomic E-state index is 11.3. The van der Waals surface area contributed by atoms with Crippen LogP contribution >= 0.6 is 0 Å². The number of carbonyl (C=O) groups is 2. The second kappa shape index (κ2) is 7.76. The van der Waals surface area contributed by atoms with E-state index in [0.29, 0.717) is 19.6 Å². The molecular weight excluding hydrogens is 198 g/mol. The van der Waals surface area contributed by atoms with Crippen LogP contribution in [0.25, 0.3) is 0 Å². The summed E-state index contributed by atoms with van der Waals surface area (Å²) >= 11 is 0. The molecule has 0 unspecified atom stereocenters. The monoisotopic (exact) mass is 213 g/mol. The molecular formula is C9H15N3O3. The van der Waals surface area contributed by atoms with Crippen LogP contribution in [0.3, 0.4) is 0 Å². The van der Waals surface area contributed by atoms with Gasteiger partial charge in [0.05, 0.1) is 6.07 Å². The molecule has 6 heteroatoms. The molecule has 0 fully saturated rings. The summed E-state index contributed by atoms with van der Waals surface area (Å²) in [5, 5.41) is 13.3. The SMILES string of the molecule is COCCCNC(=O)[C@@H](C#N)NC(C)=O. The number of ether oxygens (including phenoxy) is 1. The van der Waals surface area contributed by atoms with Crippen LogP contribution in [0.5, 0.6) is 0 Å². The fraction of sp³-hybridized carbons (Fsp3) is 0.667. The fourth-order valence-corrected chi connectivity index (χ4v) is 0.890. The van der Waals surface area contributed by atoms with Gasteiger partial charge in [0.1, 0.15) is 0 Å². The molecule has 0 aromatic heterocycles. The molecule has 0 saturated heterocycles. The zero-order chi connectivity index (χ0) is 11.7. The lowest BCUT2D eigenvalue weighted by atomic mass is 10.3. The van der Waals surface area contributed by atoms with Crippen molar-refractivity contribution in [1.29, 1.82) is 5.26 Å². The largest absolute Gasteiger partial charge is 0.385 e. The zero-order valence-electron chi connectivity index (χ0n) is 8.87. The Hall–Kier alpha value is -1.61. The van der Waals surface area contributed by atoms with Crippen LogP contribution in [0.2, 0.25) is 0 Å². The normalized spacial score (nSPS) is 11.3. The first-order valence-corrected chi connectivity index (χ1v) is 4.55. The third-order valence-electron chi connectivity index (χ3n) is 1.56. The highest BCUT2D eigenvalue weighted by atomic mass is 16.5. The van der Waals surface area contributed by atoms with Crippen LogP contribution in [0.4, 0.5) is 0 Å². The van der Waals surface area contributed by atoms with Gasteiger partial charge in [-0.15, -0.1) is 0 Å². The van der Waals surface area contributed by atoms with E-state index >= 15 is 0 Å². The molecule has 0 aliphatic heterocycles. The van der Waals surface area contributed by atoms with E-state index in [0.717, 1.165) is 0 Å². The van der Waals surface area contributed by atoms with Crippen LogP contribution in [-0.2, 0) is 14.3 Å². The third-order valence-corrected chi connectivity index (χ3v) is 1.56. The molecule has 6 nitrogen and oxygen atoms in total. The molecule has 0 aromatic rings. The number of amides is 2. The predicted molar refractivity (Wildman–Crippen MR) is 52.7 cm³/mol. The van der Waals surface area contributed by atoms with Crippen molar-refractivity contribution < 1.29 is 14.3 Å². The summed E-state index contributed by atoms with van der Waals surface area (Å²) in [6.07, 6.45) is 0.667. The lowest BCUT2D eigenvalue weighted by molar-refractivity contribution is -0.126. The van der Waals surface area contributed by atoms with Crippen molar-refractivity contribution in [2.45, 2.75) is 19.4 Å². The van der Waals surface area contributed by atoms with Crippen molar-refractivity contribution in [3.63, 3.8) is 0 Å². The van der Waals surface area contributed by atoms with Crippen molar-refractivity contribution in [3.8, 4) is 6.07 Å². The Morgan fingerprint density at radius 1 is 1.53 bits per heavy atom. The number of hydrogen-bond donors (Lipinski definition) is 2. The molecule has 15 heavy (non-hydrogen) atoms. The summed E-state index contributed by atoms with van der Waals surface area (Å²) in [4.78, 5) is 21.9. The van der Waals surface area contributed by atoms with Gasteiger partial charge in [0.25, 0.3) is 5.91 Å². The van der Waals surface area contributed by atoms with Crippen LogP contribution in [0.1, 0.15) is 13.3 Å². The molecule has 0 spiro atoms. The minimum atomic E-state index is -1.12. The standard InChI is InChI=1S/C9H15N3O3/c1-7(13)12-8(6-10)9(14)11-4-3-5-15-2/h8H,3-5H2,1-2H3,(H,11,14)(H,12,13)/t8-/m1/s1. The molecule has 2 amide bonds. The molecule has 1 atom stereocenters. The third kappa shape index (κ3) is 6.46. The summed E-state index contributed by atoms with van der Waals surface area (Å²) in [7, 11) is 1.57. The summed E-state index contributed by atoms with van der Waals surface area (Å²) in [5.41, 5.74) is 0. The van der Waals surface area contributed by atoms with Crippen LogP contribution < -0.4 is 10.6 Å². The number of methoxy groups -OCH3 is 1. The summed E-state index contributed by atoms with van der Waals surface area (Å²) < 4.78 is 4.79. The van der Waals surface area contributed by atoms with Gasteiger partial charge in [0.15, 0.2) is 6.04 Å². The average molecular weight is 213 g/mol. The first-order valence-electron chi connectivity index (χ1n) is 4.55. The van der Waals surface area contributed by atoms with Crippen molar-refractivity contribution in [2.75, 3.05) is 20.3 Å². The Morgan fingerprint density at radius 3 is 2.67 bits per heavy atom. The zero-order valence-corrected chi connectivity index (χ0v) is 8.87. The Labute approximate surface area is 88.6 Å². The minimum Gasteiger partial charge on any atom is -0.385 e. The highest BCUT2D eigenvalue weighted by Crippen LogP contribution is 1.84. The predicted octanol–water partition coefficient (Wildman–Crippen LogP) is -0.833. The number of nitrogens with zero attached hydrogens (tertiary/aromatic N) is 1. The smallest absolute Gasteiger partial charge is 0.257 e. The highest BCUT2D eigenvalue weighted by Gasteiger charge is 2.17. The van der Waals surface area contributed by atoms with E-state index in [4.69, 9.17) is 10.00 Å². The molecule has 2 N–H and O–H groups in total. The average Bonchev–Trinajstić information content (AvgIpc) is 2.20. The van der Waals surface area contributed by atoms with Gasteiger partial charge in [0, 0.05) is 27.2 Å². The van der Waals surface area contributed by atoms with Gasteiger partial charge < -0.3 is 15.4 Å². The van der Waals surface area contributed by atoms with Crippen molar-refractivity contribution in [3.05, 3.63) is 0 Å². The lowest BCUT2D eigenvalue weighted by Crippen LogP contribution is -2.45. The van der Waals surface area contributed by atoms with E-state index in [1.807, 2.05) is 0 Å².